The van der Waals surface area contributed by atoms with Gasteiger partial charge in [0.15, 0.2) is 5.17 Å². The normalized spacial score (nSPS) is 18.6. The van der Waals surface area contributed by atoms with Crippen LogP contribution in [0.15, 0.2) is 77.8 Å². The Morgan fingerprint density at radius 1 is 1.07 bits per heavy atom. The number of hydrogen-bond acceptors (Lipinski definition) is 4. The Bertz CT molecular complexity index is 1080. The van der Waals surface area contributed by atoms with Gasteiger partial charge in [0, 0.05) is 12.1 Å². The fourth-order valence-corrected chi connectivity index (χ4v) is 4.28. The number of fused-ring (bicyclic) bond motifs is 1. The molecule has 6 heteroatoms. The van der Waals surface area contributed by atoms with Gasteiger partial charge in [0.25, 0.3) is 0 Å². The van der Waals surface area contributed by atoms with E-state index in [1.807, 2.05) is 79.7 Å². The zero-order chi connectivity index (χ0) is 20.2. The van der Waals surface area contributed by atoms with Crippen LogP contribution in [0.2, 0.25) is 0 Å². The van der Waals surface area contributed by atoms with E-state index in [9.17, 15) is 9.59 Å². The molecule has 0 saturated carbocycles. The van der Waals surface area contributed by atoms with Crippen molar-refractivity contribution in [3.8, 4) is 0 Å². The number of nitrogens with zero attached hydrogens (tertiary/aromatic N) is 1. The van der Waals surface area contributed by atoms with Crippen molar-refractivity contribution in [2.75, 3.05) is 5.32 Å². The van der Waals surface area contributed by atoms with E-state index in [-0.39, 0.29) is 24.3 Å². The van der Waals surface area contributed by atoms with E-state index >= 15 is 0 Å². The lowest BCUT2D eigenvalue weighted by Gasteiger charge is -2.09. The maximum atomic E-state index is 12.5. The lowest BCUT2D eigenvalue weighted by molar-refractivity contribution is -0.122. The predicted octanol–water partition coefficient (Wildman–Crippen LogP) is 4.52. The largest absolute Gasteiger partial charge is 0.326 e. The molecule has 0 aliphatic carbocycles. The average Bonchev–Trinajstić information content (AvgIpc) is 3.07. The quantitative estimate of drug-likeness (QED) is 0.658. The number of rotatable bonds is 5. The number of hydrogen-bond donors (Lipinski definition) is 2. The Morgan fingerprint density at radius 2 is 1.79 bits per heavy atom. The SMILES string of the molecule is C[C@H](N=C1NC(=O)[C@H](CC(=O)Nc2ccc3ccccc3c2)S1)c1ccccc1. The van der Waals surface area contributed by atoms with Gasteiger partial charge in [-0.3, -0.25) is 14.6 Å². The second-order valence-electron chi connectivity index (χ2n) is 6.93. The lowest BCUT2D eigenvalue weighted by atomic mass is 10.1. The Labute approximate surface area is 173 Å². The highest BCUT2D eigenvalue weighted by Crippen LogP contribution is 2.26. The number of benzene rings is 3. The van der Waals surface area contributed by atoms with Crippen molar-refractivity contribution in [1.29, 1.82) is 0 Å². The van der Waals surface area contributed by atoms with Crippen LogP contribution in [0.3, 0.4) is 0 Å². The number of amides is 2. The molecule has 0 unspecified atom stereocenters. The van der Waals surface area contributed by atoms with Crippen molar-refractivity contribution >= 4 is 45.2 Å². The van der Waals surface area contributed by atoms with Crippen LogP contribution in [0.1, 0.15) is 24.9 Å². The Balaban J connectivity index is 1.38. The monoisotopic (exact) mass is 403 g/mol. The van der Waals surface area contributed by atoms with Gasteiger partial charge in [-0.05, 0) is 35.4 Å². The van der Waals surface area contributed by atoms with E-state index in [1.165, 1.54) is 11.8 Å². The summed E-state index contributed by atoms with van der Waals surface area (Å²) in [5.74, 6) is -0.368. The van der Waals surface area contributed by atoms with Crippen molar-refractivity contribution in [2.24, 2.45) is 4.99 Å². The van der Waals surface area contributed by atoms with Gasteiger partial charge in [0.1, 0.15) is 5.25 Å². The lowest BCUT2D eigenvalue weighted by Crippen LogP contribution is -2.28. The summed E-state index contributed by atoms with van der Waals surface area (Å²) in [6.45, 7) is 1.98. The highest BCUT2D eigenvalue weighted by atomic mass is 32.2. The predicted molar refractivity (Wildman–Crippen MR) is 119 cm³/mol. The smallest absolute Gasteiger partial charge is 0.240 e. The summed E-state index contributed by atoms with van der Waals surface area (Å²) in [4.78, 5) is 29.3. The van der Waals surface area contributed by atoms with E-state index in [0.717, 1.165) is 22.0 Å². The molecule has 2 N–H and O–H groups in total. The molecule has 2 atom stereocenters. The van der Waals surface area contributed by atoms with Crippen LogP contribution in [-0.2, 0) is 9.59 Å². The Morgan fingerprint density at radius 3 is 2.59 bits per heavy atom. The maximum absolute atomic E-state index is 12.5. The van der Waals surface area contributed by atoms with Crippen LogP contribution < -0.4 is 10.6 Å². The summed E-state index contributed by atoms with van der Waals surface area (Å²) in [5, 5.41) is 7.95. The number of amidine groups is 1. The first-order valence-electron chi connectivity index (χ1n) is 9.47. The van der Waals surface area contributed by atoms with Crippen molar-refractivity contribution in [1.82, 2.24) is 5.32 Å². The third-order valence-electron chi connectivity index (χ3n) is 4.77. The average molecular weight is 404 g/mol. The molecule has 1 fully saturated rings. The molecule has 0 aromatic heterocycles. The van der Waals surface area contributed by atoms with Gasteiger partial charge in [-0.1, -0.05) is 72.4 Å². The third kappa shape index (κ3) is 4.66. The molecule has 1 saturated heterocycles. The minimum atomic E-state index is -0.475. The molecule has 29 heavy (non-hydrogen) atoms. The molecule has 0 spiro atoms. The topological polar surface area (TPSA) is 70.6 Å². The standard InChI is InChI=1S/C23H21N3O2S/c1-15(16-7-3-2-4-8-16)24-23-26-22(28)20(29-23)14-21(27)25-19-12-11-17-9-5-6-10-18(17)13-19/h2-13,15,20H,14H2,1H3,(H,25,27)(H,24,26,28)/t15-,20-/m0/s1. The fraction of sp³-hybridized carbons (Fsp3) is 0.174. The molecule has 1 aliphatic heterocycles. The molecule has 146 valence electrons. The molecule has 3 aromatic carbocycles. The number of carbonyl (C=O) groups excluding carboxylic acids is 2. The second kappa shape index (κ2) is 8.49. The van der Waals surface area contributed by atoms with Crippen LogP contribution in [0.4, 0.5) is 5.69 Å². The fourth-order valence-electron chi connectivity index (χ4n) is 3.23. The summed E-state index contributed by atoms with van der Waals surface area (Å²) in [6.07, 6.45) is 0.0993. The minimum Gasteiger partial charge on any atom is -0.326 e. The molecular weight excluding hydrogens is 382 g/mol. The van der Waals surface area contributed by atoms with Gasteiger partial charge in [-0.2, -0.15) is 0 Å². The third-order valence-corrected chi connectivity index (χ3v) is 5.87. The molecular formula is C23H21N3O2S. The first kappa shape index (κ1) is 19.2. The second-order valence-corrected chi connectivity index (χ2v) is 8.12. The Kier molecular flexibility index (Phi) is 5.62. The first-order valence-corrected chi connectivity index (χ1v) is 10.4. The molecule has 3 aromatic rings. The van der Waals surface area contributed by atoms with Gasteiger partial charge in [0.05, 0.1) is 6.04 Å². The van der Waals surface area contributed by atoms with E-state index < -0.39 is 5.25 Å². The zero-order valence-electron chi connectivity index (χ0n) is 16.0. The van der Waals surface area contributed by atoms with Crippen molar-refractivity contribution in [3.63, 3.8) is 0 Å². The van der Waals surface area contributed by atoms with E-state index in [2.05, 4.69) is 15.6 Å². The van der Waals surface area contributed by atoms with Crippen LogP contribution in [0.25, 0.3) is 10.8 Å². The van der Waals surface area contributed by atoms with Crippen molar-refractivity contribution in [2.45, 2.75) is 24.6 Å². The number of carbonyl (C=O) groups is 2. The minimum absolute atomic E-state index is 0.0656. The highest BCUT2D eigenvalue weighted by molar-refractivity contribution is 8.15. The summed E-state index contributed by atoms with van der Waals surface area (Å²) < 4.78 is 0. The van der Waals surface area contributed by atoms with Crippen LogP contribution in [-0.4, -0.2) is 22.2 Å². The zero-order valence-corrected chi connectivity index (χ0v) is 16.8. The van der Waals surface area contributed by atoms with Crippen LogP contribution >= 0.6 is 11.8 Å². The number of anilines is 1. The van der Waals surface area contributed by atoms with Gasteiger partial charge in [0.2, 0.25) is 11.8 Å². The van der Waals surface area contributed by atoms with Gasteiger partial charge < -0.3 is 10.6 Å². The van der Waals surface area contributed by atoms with Gasteiger partial charge in [-0.25, -0.2) is 0 Å². The summed E-state index contributed by atoms with van der Waals surface area (Å²) in [6, 6.07) is 23.6. The molecule has 1 heterocycles. The molecule has 2 amide bonds. The first-order chi connectivity index (χ1) is 14.1. The summed E-state index contributed by atoms with van der Waals surface area (Å²) >= 11 is 1.31. The molecule has 5 nitrogen and oxygen atoms in total. The van der Waals surface area contributed by atoms with Gasteiger partial charge in [-0.15, -0.1) is 0 Å². The molecule has 1 aliphatic rings. The molecule has 0 radical (unpaired) electrons. The number of aliphatic imine (C=N–C) groups is 1. The summed E-state index contributed by atoms with van der Waals surface area (Å²) in [5.41, 5.74) is 1.80. The van der Waals surface area contributed by atoms with Crippen LogP contribution in [0.5, 0.6) is 0 Å². The number of nitrogens with one attached hydrogen (secondary N) is 2. The van der Waals surface area contributed by atoms with Crippen molar-refractivity contribution < 1.29 is 9.59 Å². The Hall–Kier alpha value is -3.12. The van der Waals surface area contributed by atoms with Gasteiger partial charge >= 0.3 is 0 Å². The molecule has 0 bridgehead atoms. The van der Waals surface area contributed by atoms with E-state index in [4.69, 9.17) is 0 Å². The van der Waals surface area contributed by atoms with E-state index in [0.29, 0.717) is 5.17 Å². The number of thioether (sulfide) groups is 1. The molecule has 4 rings (SSSR count). The maximum Gasteiger partial charge on any atom is 0.240 e. The highest BCUT2D eigenvalue weighted by Gasteiger charge is 2.32. The van der Waals surface area contributed by atoms with Crippen LogP contribution in [0, 0.1) is 0 Å². The van der Waals surface area contributed by atoms with E-state index in [1.54, 1.807) is 0 Å². The summed E-state index contributed by atoms with van der Waals surface area (Å²) in [7, 11) is 0. The van der Waals surface area contributed by atoms with Crippen molar-refractivity contribution in [3.05, 3.63) is 78.4 Å².